The van der Waals surface area contributed by atoms with E-state index in [2.05, 4.69) is 24.5 Å². The molecule has 3 aromatic heterocycles. The van der Waals surface area contributed by atoms with Crippen LogP contribution >= 0.6 is 11.3 Å². The summed E-state index contributed by atoms with van der Waals surface area (Å²) < 4.78 is 58.1. The molecule has 0 unspecified atom stereocenters. The summed E-state index contributed by atoms with van der Waals surface area (Å²) in [5, 5.41) is 6.31. The number of rotatable bonds is 8. The maximum Gasteiger partial charge on any atom is 0.265 e. The number of hydrogen-bond acceptors (Lipinski definition) is 8. The third kappa shape index (κ3) is 5.11. The molecule has 178 valence electrons. The average molecular weight is 519 g/mol. The van der Waals surface area contributed by atoms with Gasteiger partial charge in [0.1, 0.15) is 10.6 Å². The molecule has 0 spiro atoms. The van der Waals surface area contributed by atoms with Gasteiger partial charge in [-0.3, -0.25) is 9.40 Å². The van der Waals surface area contributed by atoms with Crippen molar-refractivity contribution in [3.05, 3.63) is 65.9 Å². The minimum absolute atomic E-state index is 0.0305. The average Bonchev–Trinajstić information content (AvgIpc) is 3.44. The van der Waals surface area contributed by atoms with Crippen LogP contribution in [0.15, 0.2) is 70.0 Å². The second-order valence-electron chi connectivity index (χ2n) is 7.65. The predicted octanol–water partition coefficient (Wildman–Crippen LogP) is 3.89. The van der Waals surface area contributed by atoms with Gasteiger partial charge >= 0.3 is 0 Å². The van der Waals surface area contributed by atoms with E-state index in [0.717, 1.165) is 4.88 Å². The summed E-state index contributed by atoms with van der Waals surface area (Å²) >= 11 is 1.39. The second-order valence-corrected chi connectivity index (χ2v) is 11.9. The SMILES string of the molecule is Cc1ccnc(NS(=O)(=O)c2ccc(NS(=O)(=O)c3cn(C(C)C)nc3-c3cccs3)cc2)n1. The molecule has 2 N–H and O–H groups in total. The van der Waals surface area contributed by atoms with E-state index in [1.807, 2.05) is 25.3 Å². The van der Waals surface area contributed by atoms with Crippen molar-refractivity contribution in [2.24, 2.45) is 0 Å². The van der Waals surface area contributed by atoms with Gasteiger partial charge in [0, 0.05) is 29.8 Å². The Balaban J connectivity index is 1.59. The van der Waals surface area contributed by atoms with Gasteiger partial charge in [-0.1, -0.05) is 6.07 Å². The molecule has 1 aromatic carbocycles. The second kappa shape index (κ2) is 9.16. The van der Waals surface area contributed by atoms with Crippen molar-refractivity contribution in [3.63, 3.8) is 0 Å². The Kier molecular flexibility index (Phi) is 6.43. The van der Waals surface area contributed by atoms with Crippen LogP contribution in [0.2, 0.25) is 0 Å². The molecule has 4 rings (SSSR count). The van der Waals surface area contributed by atoms with Crippen LogP contribution < -0.4 is 9.44 Å². The van der Waals surface area contributed by atoms with Crippen molar-refractivity contribution in [1.29, 1.82) is 0 Å². The van der Waals surface area contributed by atoms with E-state index >= 15 is 0 Å². The van der Waals surface area contributed by atoms with E-state index in [9.17, 15) is 16.8 Å². The molecule has 0 aliphatic carbocycles. The van der Waals surface area contributed by atoms with Crippen LogP contribution in [-0.2, 0) is 20.0 Å². The third-order valence-corrected chi connectivity index (χ3v) is 8.31. The van der Waals surface area contributed by atoms with Crippen LogP contribution in [0.25, 0.3) is 10.6 Å². The summed E-state index contributed by atoms with van der Waals surface area (Å²) in [5.74, 6) is -0.0481. The van der Waals surface area contributed by atoms with E-state index in [1.165, 1.54) is 48.0 Å². The van der Waals surface area contributed by atoms with Crippen LogP contribution in [0.4, 0.5) is 11.6 Å². The number of anilines is 2. The van der Waals surface area contributed by atoms with Crippen molar-refractivity contribution in [1.82, 2.24) is 19.7 Å². The van der Waals surface area contributed by atoms with Gasteiger partial charge in [0.2, 0.25) is 5.95 Å². The van der Waals surface area contributed by atoms with Crippen molar-refractivity contribution in [2.75, 3.05) is 9.44 Å². The highest BCUT2D eigenvalue weighted by Gasteiger charge is 2.25. The molecule has 0 bridgehead atoms. The Labute approximate surface area is 201 Å². The molecular weight excluding hydrogens is 496 g/mol. The Morgan fingerprint density at radius 3 is 2.32 bits per heavy atom. The first-order valence-corrected chi connectivity index (χ1v) is 14.0. The van der Waals surface area contributed by atoms with Crippen molar-refractivity contribution in [2.45, 2.75) is 36.6 Å². The van der Waals surface area contributed by atoms with Gasteiger partial charge in [0.05, 0.1) is 9.77 Å². The zero-order valence-electron chi connectivity index (χ0n) is 18.5. The van der Waals surface area contributed by atoms with Gasteiger partial charge in [-0.25, -0.2) is 31.5 Å². The van der Waals surface area contributed by atoms with E-state index in [4.69, 9.17) is 0 Å². The van der Waals surface area contributed by atoms with E-state index < -0.39 is 20.0 Å². The largest absolute Gasteiger partial charge is 0.280 e. The predicted molar refractivity (Wildman–Crippen MR) is 131 cm³/mol. The van der Waals surface area contributed by atoms with Crippen LogP contribution in [0.1, 0.15) is 25.6 Å². The maximum absolute atomic E-state index is 13.2. The molecule has 0 saturated carbocycles. The van der Waals surface area contributed by atoms with Crippen molar-refractivity contribution in [3.8, 4) is 10.6 Å². The van der Waals surface area contributed by atoms with Crippen LogP contribution in [-0.4, -0.2) is 36.6 Å². The van der Waals surface area contributed by atoms with Crippen molar-refractivity contribution < 1.29 is 16.8 Å². The maximum atomic E-state index is 13.2. The van der Waals surface area contributed by atoms with E-state index in [-0.39, 0.29) is 27.5 Å². The Hall–Kier alpha value is -3.29. The number of thiophene rings is 1. The van der Waals surface area contributed by atoms with Gasteiger partial charge in [-0.05, 0) is 62.5 Å². The number of nitrogens with zero attached hydrogens (tertiary/aromatic N) is 4. The molecule has 0 atom stereocenters. The van der Waals surface area contributed by atoms with Crippen LogP contribution in [0.3, 0.4) is 0 Å². The lowest BCUT2D eigenvalue weighted by atomic mass is 10.3. The molecule has 0 radical (unpaired) electrons. The minimum atomic E-state index is -4.00. The Morgan fingerprint density at radius 2 is 1.71 bits per heavy atom. The lowest BCUT2D eigenvalue weighted by molar-refractivity contribution is 0.532. The lowest BCUT2D eigenvalue weighted by Crippen LogP contribution is -2.16. The molecule has 0 amide bonds. The number of nitrogens with one attached hydrogen (secondary N) is 2. The first kappa shape index (κ1) is 23.9. The third-order valence-electron chi connectivity index (χ3n) is 4.71. The zero-order valence-corrected chi connectivity index (χ0v) is 20.9. The molecule has 3 heterocycles. The quantitative estimate of drug-likeness (QED) is 0.361. The van der Waals surface area contributed by atoms with Gasteiger partial charge in [0.15, 0.2) is 0 Å². The van der Waals surface area contributed by atoms with E-state index in [0.29, 0.717) is 11.4 Å². The first-order valence-electron chi connectivity index (χ1n) is 10.1. The summed E-state index contributed by atoms with van der Waals surface area (Å²) in [6, 6.07) is 10.6. The molecule has 10 nitrogen and oxygen atoms in total. The Bertz CT molecular complexity index is 1510. The van der Waals surface area contributed by atoms with Gasteiger partial charge in [0.25, 0.3) is 20.0 Å². The number of hydrogen-bond donors (Lipinski definition) is 2. The Morgan fingerprint density at radius 1 is 0.971 bits per heavy atom. The summed E-state index contributed by atoms with van der Waals surface area (Å²) in [4.78, 5) is 8.63. The standard InChI is InChI=1S/C21H22N6O4S3/c1-14(2)27-13-19(20(24-27)18-5-4-12-32-18)34(30,31)25-16-6-8-17(9-7-16)33(28,29)26-21-22-11-10-15(3)23-21/h4-14,25H,1-3H3,(H,22,23,26). The highest BCUT2D eigenvalue weighted by molar-refractivity contribution is 7.93. The monoisotopic (exact) mass is 518 g/mol. The fourth-order valence-electron chi connectivity index (χ4n) is 3.01. The summed E-state index contributed by atoms with van der Waals surface area (Å²) in [7, 11) is -7.95. The van der Waals surface area contributed by atoms with Gasteiger partial charge in [-0.2, -0.15) is 5.10 Å². The van der Waals surface area contributed by atoms with Crippen molar-refractivity contribution >= 4 is 43.0 Å². The highest BCUT2D eigenvalue weighted by Crippen LogP contribution is 2.31. The topological polar surface area (TPSA) is 136 Å². The fourth-order valence-corrected chi connectivity index (χ4v) is 5.96. The minimum Gasteiger partial charge on any atom is -0.280 e. The number of aryl methyl sites for hydroxylation is 1. The molecule has 0 fully saturated rings. The summed E-state index contributed by atoms with van der Waals surface area (Å²) in [6.07, 6.45) is 2.94. The molecule has 0 saturated heterocycles. The summed E-state index contributed by atoms with van der Waals surface area (Å²) in [5.41, 5.74) is 1.18. The molecule has 0 aliphatic heterocycles. The van der Waals surface area contributed by atoms with E-state index in [1.54, 1.807) is 23.7 Å². The molecule has 0 aliphatic rings. The number of benzene rings is 1. The normalized spacial score (nSPS) is 12.1. The lowest BCUT2D eigenvalue weighted by Gasteiger charge is -2.10. The molecule has 4 aromatic rings. The summed E-state index contributed by atoms with van der Waals surface area (Å²) in [6.45, 7) is 5.53. The van der Waals surface area contributed by atoms with Crippen LogP contribution in [0.5, 0.6) is 0 Å². The number of sulfonamides is 2. The highest BCUT2D eigenvalue weighted by atomic mass is 32.2. The van der Waals surface area contributed by atoms with Gasteiger partial charge < -0.3 is 0 Å². The zero-order chi connectivity index (χ0) is 24.5. The van der Waals surface area contributed by atoms with Gasteiger partial charge in [-0.15, -0.1) is 11.3 Å². The fraction of sp³-hybridized carbons (Fsp3) is 0.190. The molecule has 34 heavy (non-hydrogen) atoms. The number of aromatic nitrogens is 4. The first-order chi connectivity index (χ1) is 16.0. The molecule has 13 heteroatoms. The van der Waals surface area contributed by atoms with Crippen LogP contribution in [0, 0.1) is 6.92 Å². The smallest absolute Gasteiger partial charge is 0.265 e. The molecular formula is C21H22N6O4S3.